The highest BCUT2D eigenvalue weighted by molar-refractivity contribution is 7.09. The van der Waals surface area contributed by atoms with Gasteiger partial charge in [0.25, 0.3) is 0 Å². The van der Waals surface area contributed by atoms with Gasteiger partial charge in [-0.3, -0.25) is 14.6 Å². The van der Waals surface area contributed by atoms with E-state index in [0.29, 0.717) is 6.54 Å². The smallest absolute Gasteiger partial charge is 0.223 e. The van der Waals surface area contributed by atoms with Gasteiger partial charge in [-0.2, -0.15) is 0 Å². The maximum absolute atomic E-state index is 12.9. The number of nitrogens with one attached hydrogen (secondary N) is 1. The van der Waals surface area contributed by atoms with E-state index < -0.39 is 0 Å². The summed E-state index contributed by atoms with van der Waals surface area (Å²) >= 11 is 1.70. The van der Waals surface area contributed by atoms with Gasteiger partial charge in [-0.05, 0) is 57.8 Å². The van der Waals surface area contributed by atoms with Crippen LogP contribution in [0.1, 0.15) is 48.5 Å². The quantitative estimate of drug-likeness (QED) is 0.690. The van der Waals surface area contributed by atoms with Gasteiger partial charge in [0.05, 0.1) is 22.9 Å². The number of aromatic nitrogens is 1. The van der Waals surface area contributed by atoms with Gasteiger partial charge in [0.1, 0.15) is 0 Å². The predicted octanol–water partition coefficient (Wildman–Crippen LogP) is 3.59. The molecule has 1 N–H and O–H groups in total. The van der Waals surface area contributed by atoms with Crippen molar-refractivity contribution >= 4 is 17.2 Å². The third-order valence-corrected chi connectivity index (χ3v) is 7.29. The minimum atomic E-state index is 0.108. The average molecular weight is 457 g/mol. The van der Waals surface area contributed by atoms with Crippen molar-refractivity contribution in [2.75, 3.05) is 26.2 Å². The van der Waals surface area contributed by atoms with Crippen molar-refractivity contribution in [3.63, 3.8) is 0 Å². The fourth-order valence-corrected chi connectivity index (χ4v) is 5.53. The van der Waals surface area contributed by atoms with Crippen LogP contribution in [0, 0.1) is 12.8 Å². The van der Waals surface area contributed by atoms with Crippen LogP contribution in [0.15, 0.2) is 29.6 Å². The van der Waals surface area contributed by atoms with E-state index in [-0.39, 0.29) is 24.0 Å². The Hall–Kier alpha value is -1.80. The van der Waals surface area contributed by atoms with Crippen molar-refractivity contribution in [2.45, 2.75) is 65.5 Å². The number of hydrogen-bond donors (Lipinski definition) is 1. The first-order chi connectivity index (χ1) is 15.5. The molecule has 0 radical (unpaired) electrons. The highest BCUT2D eigenvalue weighted by Crippen LogP contribution is 2.21. The minimum absolute atomic E-state index is 0.108. The molecule has 2 atom stereocenters. The maximum Gasteiger partial charge on any atom is 0.223 e. The molecule has 3 heterocycles. The molecule has 1 aromatic carbocycles. The molecule has 2 fully saturated rings. The first kappa shape index (κ1) is 23.4. The summed E-state index contributed by atoms with van der Waals surface area (Å²) in [5.74, 6) is 0.300. The Labute approximate surface area is 196 Å². The number of likely N-dealkylation sites (tertiary alicyclic amines) is 1. The van der Waals surface area contributed by atoms with E-state index in [1.807, 2.05) is 6.92 Å². The van der Waals surface area contributed by atoms with E-state index >= 15 is 0 Å². The number of hydrogen-bond acceptors (Lipinski definition) is 6. The molecule has 2 unspecified atom stereocenters. The molecule has 2 aliphatic heterocycles. The first-order valence-electron chi connectivity index (χ1n) is 11.8. The average Bonchev–Trinajstić information content (AvgIpc) is 3.17. The SMILES string of the molecule is Cc1nc(CN2CCC(C(=O)NCc3ccccc3CN3CC(C)OC(C)C3)CC2)cs1. The summed E-state index contributed by atoms with van der Waals surface area (Å²) in [5.41, 5.74) is 3.66. The monoisotopic (exact) mass is 456 g/mol. The number of carbonyl (C=O) groups excluding carboxylic acids is 1. The van der Waals surface area contributed by atoms with E-state index in [1.165, 1.54) is 11.1 Å². The van der Waals surface area contributed by atoms with Gasteiger partial charge < -0.3 is 10.1 Å². The van der Waals surface area contributed by atoms with Crippen LogP contribution in [-0.4, -0.2) is 59.1 Å². The second-order valence-electron chi connectivity index (χ2n) is 9.35. The normalized spacial score (nSPS) is 23.3. The summed E-state index contributed by atoms with van der Waals surface area (Å²) in [5, 5.41) is 6.48. The number of morpholine rings is 1. The second kappa shape index (κ2) is 10.9. The molecule has 7 heteroatoms. The summed E-state index contributed by atoms with van der Waals surface area (Å²) in [4.78, 5) is 22.3. The van der Waals surface area contributed by atoms with Crippen LogP contribution in [0.2, 0.25) is 0 Å². The lowest BCUT2D eigenvalue weighted by molar-refractivity contribution is -0.126. The molecule has 1 aromatic heterocycles. The Morgan fingerprint density at radius 1 is 1.09 bits per heavy atom. The van der Waals surface area contributed by atoms with Crippen LogP contribution in [0.25, 0.3) is 0 Å². The number of carbonyl (C=O) groups is 1. The van der Waals surface area contributed by atoms with Gasteiger partial charge in [-0.1, -0.05) is 24.3 Å². The molecule has 32 heavy (non-hydrogen) atoms. The van der Waals surface area contributed by atoms with Crippen LogP contribution in [-0.2, 0) is 29.2 Å². The molecule has 2 aliphatic rings. The third-order valence-electron chi connectivity index (χ3n) is 6.47. The van der Waals surface area contributed by atoms with Crippen molar-refractivity contribution in [2.24, 2.45) is 5.92 Å². The zero-order chi connectivity index (χ0) is 22.5. The number of rotatable bonds is 7. The van der Waals surface area contributed by atoms with Gasteiger partial charge in [-0.25, -0.2) is 4.98 Å². The lowest BCUT2D eigenvalue weighted by atomic mass is 9.95. The predicted molar refractivity (Wildman–Crippen MR) is 128 cm³/mol. The Morgan fingerprint density at radius 2 is 1.78 bits per heavy atom. The van der Waals surface area contributed by atoms with E-state index in [1.54, 1.807) is 11.3 Å². The van der Waals surface area contributed by atoms with E-state index in [9.17, 15) is 4.79 Å². The number of thiazole rings is 1. The standard InChI is InChI=1S/C25H36N4O2S/c1-18-13-29(14-19(2)31-18)15-23-7-5-4-6-22(23)12-26-25(30)21-8-10-28(11-9-21)16-24-17-32-20(3)27-24/h4-7,17-19,21H,8-16H2,1-3H3,(H,26,30). The third kappa shape index (κ3) is 6.38. The van der Waals surface area contributed by atoms with Gasteiger partial charge in [-0.15, -0.1) is 11.3 Å². The molecule has 6 nitrogen and oxygen atoms in total. The fraction of sp³-hybridized carbons (Fsp3) is 0.600. The summed E-state index contributed by atoms with van der Waals surface area (Å²) in [6.45, 7) is 12.5. The molecule has 2 saturated heterocycles. The molecule has 174 valence electrons. The van der Waals surface area contributed by atoms with Gasteiger partial charge in [0.2, 0.25) is 5.91 Å². The highest BCUT2D eigenvalue weighted by Gasteiger charge is 2.26. The number of aryl methyl sites for hydroxylation is 1. The van der Waals surface area contributed by atoms with Crippen LogP contribution in [0.3, 0.4) is 0 Å². The Kier molecular flexibility index (Phi) is 7.94. The molecular formula is C25H36N4O2S. The van der Waals surface area contributed by atoms with Crippen LogP contribution >= 0.6 is 11.3 Å². The molecular weight excluding hydrogens is 420 g/mol. The van der Waals surface area contributed by atoms with Crippen molar-refractivity contribution in [1.29, 1.82) is 0 Å². The Morgan fingerprint density at radius 3 is 2.44 bits per heavy atom. The van der Waals surface area contributed by atoms with E-state index in [2.05, 4.69) is 63.6 Å². The Bertz CT molecular complexity index is 884. The molecule has 1 amide bonds. The highest BCUT2D eigenvalue weighted by atomic mass is 32.1. The number of benzene rings is 1. The van der Waals surface area contributed by atoms with E-state index in [0.717, 1.165) is 62.8 Å². The molecule has 0 saturated carbocycles. The molecule has 0 spiro atoms. The number of piperidine rings is 1. The fourth-order valence-electron chi connectivity index (χ4n) is 4.93. The van der Waals surface area contributed by atoms with Crippen LogP contribution in [0.5, 0.6) is 0 Å². The zero-order valence-electron chi connectivity index (χ0n) is 19.5. The molecule has 0 bridgehead atoms. The summed E-state index contributed by atoms with van der Waals surface area (Å²) in [6, 6.07) is 8.48. The second-order valence-corrected chi connectivity index (χ2v) is 10.4. The van der Waals surface area contributed by atoms with E-state index in [4.69, 9.17) is 4.74 Å². The first-order valence-corrected chi connectivity index (χ1v) is 12.7. The Balaban J connectivity index is 1.25. The lowest BCUT2D eigenvalue weighted by Gasteiger charge is -2.35. The summed E-state index contributed by atoms with van der Waals surface area (Å²) in [7, 11) is 0. The molecule has 2 aromatic rings. The van der Waals surface area contributed by atoms with Crippen molar-refractivity contribution in [3.8, 4) is 0 Å². The number of amides is 1. The van der Waals surface area contributed by atoms with Gasteiger partial charge in [0, 0.05) is 44.0 Å². The lowest BCUT2D eigenvalue weighted by Crippen LogP contribution is -2.45. The minimum Gasteiger partial charge on any atom is -0.373 e. The van der Waals surface area contributed by atoms with Crippen LogP contribution < -0.4 is 5.32 Å². The molecule has 4 rings (SSSR count). The number of ether oxygens (including phenoxy) is 1. The number of nitrogens with zero attached hydrogens (tertiary/aromatic N) is 3. The summed E-state index contributed by atoms with van der Waals surface area (Å²) < 4.78 is 5.87. The van der Waals surface area contributed by atoms with Crippen molar-refractivity contribution in [1.82, 2.24) is 20.1 Å². The maximum atomic E-state index is 12.9. The van der Waals surface area contributed by atoms with Crippen molar-refractivity contribution < 1.29 is 9.53 Å². The molecule has 0 aliphatic carbocycles. The topological polar surface area (TPSA) is 57.7 Å². The van der Waals surface area contributed by atoms with Gasteiger partial charge >= 0.3 is 0 Å². The zero-order valence-corrected chi connectivity index (χ0v) is 20.4. The van der Waals surface area contributed by atoms with Gasteiger partial charge in [0.15, 0.2) is 0 Å². The van der Waals surface area contributed by atoms with Crippen molar-refractivity contribution in [3.05, 3.63) is 51.5 Å². The summed E-state index contributed by atoms with van der Waals surface area (Å²) in [6.07, 6.45) is 2.35. The largest absolute Gasteiger partial charge is 0.373 e. The van der Waals surface area contributed by atoms with Crippen LogP contribution in [0.4, 0.5) is 0 Å².